The number of nitrogens with one attached hydrogen (secondary N) is 1. The minimum Gasteiger partial charge on any atom is -0.462 e. The summed E-state index contributed by atoms with van der Waals surface area (Å²) in [4.78, 5) is 58.1. The Kier molecular flexibility index (Phi) is 21.1. The normalized spacial score (nSPS) is 19.0. The van der Waals surface area contributed by atoms with Gasteiger partial charge in [0.25, 0.3) is 12.4 Å². The summed E-state index contributed by atoms with van der Waals surface area (Å²) in [7, 11) is 3.56. The number of aliphatic hydroxyl groups is 2. The molecule has 0 aliphatic carbocycles. The summed E-state index contributed by atoms with van der Waals surface area (Å²) in [5, 5.41) is 19.2. The molecule has 15 nitrogen and oxygen atoms in total. The summed E-state index contributed by atoms with van der Waals surface area (Å²) in [6.45, 7) is 11.0. The fourth-order valence-corrected chi connectivity index (χ4v) is 3.70. The monoisotopic (exact) mass is 694 g/mol. The second-order valence-electron chi connectivity index (χ2n) is 12.9. The molecule has 0 radical (unpaired) electrons. The first-order valence-electron chi connectivity index (χ1n) is 15.6. The number of hydrogen-bond acceptors (Lipinski definition) is 13. The molecule has 2 aliphatic heterocycles. The number of hydrogen-bond donors (Lipinski definition) is 4. The summed E-state index contributed by atoms with van der Waals surface area (Å²) >= 11 is 0. The fourth-order valence-electron chi connectivity index (χ4n) is 3.70. The lowest BCUT2D eigenvalue weighted by atomic mass is 10.0. The minimum absolute atomic E-state index is 0.123. The number of nitrogens with two attached hydrogens (primary N) is 1. The maximum atomic E-state index is 12.0. The van der Waals surface area contributed by atoms with Gasteiger partial charge >= 0.3 is 0 Å². The lowest BCUT2D eigenvalue weighted by Gasteiger charge is -2.29. The quantitative estimate of drug-likeness (QED) is 0.133. The minimum atomic E-state index is -1.50. The van der Waals surface area contributed by atoms with Crippen molar-refractivity contribution >= 4 is 36.7 Å². The summed E-state index contributed by atoms with van der Waals surface area (Å²) in [5.74, 6) is -2.77. The van der Waals surface area contributed by atoms with Crippen LogP contribution in [0.1, 0.15) is 67.2 Å². The van der Waals surface area contributed by atoms with Crippen LogP contribution in [0, 0.1) is 5.41 Å². The Morgan fingerprint density at radius 1 is 1.06 bits per heavy atom. The zero-order valence-corrected chi connectivity index (χ0v) is 29.7. The average molecular weight is 695 g/mol. The average Bonchev–Trinajstić information content (AvgIpc) is 3.52. The first-order chi connectivity index (χ1) is 22.8. The van der Waals surface area contributed by atoms with E-state index >= 15 is 0 Å². The van der Waals surface area contributed by atoms with Gasteiger partial charge in [-0.05, 0) is 56.7 Å². The molecule has 1 aromatic rings. The molecule has 1 saturated heterocycles. The number of aldehydes is 1. The van der Waals surface area contributed by atoms with Crippen molar-refractivity contribution in [1.29, 1.82) is 0 Å². The van der Waals surface area contributed by atoms with Gasteiger partial charge in [0.05, 0.1) is 6.10 Å². The largest absolute Gasteiger partial charge is 0.462 e. The van der Waals surface area contributed by atoms with Crippen molar-refractivity contribution in [2.24, 2.45) is 11.1 Å². The van der Waals surface area contributed by atoms with Crippen LogP contribution in [0.5, 0.6) is 0 Å². The van der Waals surface area contributed by atoms with Crippen LogP contribution in [-0.4, -0.2) is 102 Å². The van der Waals surface area contributed by atoms with E-state index in [1.165, 1.54) is 20.0 Å². The standard InChI is InChI=1S/C19H25N3O9.C7H9N.C5H12.C3H8O2/c1-21(8-7-15(26)22(10-24)11-28-12-25)16-6-5-14(30-16)18(19(20)27)31-17-4-2-3-13(9-23)29-17;1-8-7-5-3-2-4-6-7;1-5(2,3)4;1-3(2,4)5/h3,7-10,12,14,16-18H,2,4-6,11H2,1H3,(H2,20,27);2-6,8H,1H3;1-4H3;4-5H,1-2H3/b8-7-;;;. The lowest BCUT2D eigenvalue weighted by molar-refractivity contribution is -0.194. The van der Waals surface area contributed by atoms with E-state index in [0.717, 1.165) is 11.8 Å². The molecule has 15 heteroatoms. The SMILES string of the molecule is CC(C)(C)C.CC(C)(O)O.CN(/C=C\C(=O)N(C=O)COC=O)C1CCC(C(OC2CCC=C(C=O)O2)C(N)=O)O1.CNc1ccccc1. The molecule has 1 fully saturated rings. The van der Waals surface area contributed by atoms with Gasteiger partial charge in [-0.15, -0.1) is 0 Å². The van der Waals surface area contributed by atoms with Crippen LogP contribution in [0.15, 0.2) is 54.4 Å². The van der Waals surface area contributed by atoms with Crippen LogP contribution in [0.25, 0.3) is 0 Å². The van der Waals surface area contributed by atoms with Crippen molar-refractivity contribution in [3.63, 3.8) is 0 Å². The van der Waals surface area contributed by atoms with E-state index in [4.69, 9.17) is 30.2 Å². The molecule has 2 aliphatic rings. The Morgan fingerprint density at radius 2 is 1.65 bits per heavy atom. The maximum absolute atomic E-state index is 12.0. The van der Waals surface area contributed by atoms with E-state index < -0.39 is 49.1 Å². The second-order valence-corrected chi connectivity index (χ2v) is 12.9. The van der Waals surface area contributed by atoms with E-state index in [9.17, 15) is 24.0 Å². The molecule has 0 bridgehead atoms. The molecule has 0 spiro atoms. The van der Waals surface area contributed by atoms with Crippen molar-refractivity contribution in [2.45, 2.75) is 97.7 Å². The summed E-state index contributed by atoms with van der Waals surface area (Å²) in [6.07, 6.45) is 3.97. The third-order valence-electron chi connectivity index (χ3n) is 5.74. The van der Waals surface area contributed by atoms with E-state index in [1.54, 1.807) is 18.0 Å². The number of nitrogens with zero attached hydrogens (tertiary/aromatic N) is 2. The Bertz CT molecular complexity index is 1170. The number of imide groups is 1. The number of primary amides is 1. The molecule has 3 amide bonds. The van der Waals surface area contributed by atoms with Gasteiger partial charge in [-0.2, -0.15) is 0 Å². The molecule has 2 heterocycles. The number of amides is 3. The summed E-state index contributed by atoms with van der Waals surface area (Å²) < 4.78 is 21.3. The Hall–Kier alpha value is -4.31. The van der Waals surface area contributed by atoms with Gasteiger partial charge in [-0.25, -0.2) is 4.90 Å². The second kappa shape index (κ2) is 23.1. The molecule has 5 N–H and O–H groups in total. The highest BCUT2D eigenvalue weighted by atomic mass is 16.7. The number of rotatable bonds is 13. The number of para-hydroxylation sites is 1. The summed E-state index contributed by atoms with van der Waals surface area (Å²) in [5.41, 5.74) is 7.14. The van der Waals surface area contributed by atoms with Crippen LogP contribution in [0.4, 0.5) is 5.69 Å². The predicted octanol–water partition coefficient (Wildman–Crippen LogP) is 2.63. The van der Waals surface area contributed by atoms with Crippen LogP contribution in [0.3, 0.4) is 0 Å². The van der Waals surface area contributed by atoms with E-state index in [1.807, 2.05) is 37.4 Å². The van der Waals surface area contributed by atoms with Gasteiger partial charge in [0.2, 0.25) is 18.6 Å². The first kappa shape index (κ1) is 44.7. The topological polar surface area (TPSA) is 207 Å². The Labute approximate surface area is 289 Å². The van der Waals surface area contributed by atoms with E-state index in [0.29, 0.717) is 42.3 Å². The van der Waals surface area contributed by atoms with Gasteiger partial charge in [0.1, 0.15) is 6.23 Å². The molecule has 276 valence electrons. The number of benzene rings is 1. The fraction of sp³-hybridized carbons (Fsp3) is 0.559. The molecule has 4 atom stereocenters. The molecule has 3 rings (SSSR count). The van der Waals surface area contributed by atoms with Crippen molar-refractivity contribution < 1.29 is 53.1 Å². The zero-order valence-electron chi connectivity index (χ0n) is 29.7. The Balaban J connectivity index is 0.00000103. The first-order valence-corrected chi connectivity index (χ1v) is 15.6. The number of allylic oxidation sites excluding steroid dienone is 2. The highest BCUT2D eigenvalue weighted by Crippen LogP contribution is 2.28. The van der Waals surface area contributed by atoms with Crippen molar-refractivity contribution in [1.82, 2.24) is 9.80 Å². The molecular formula is C34H54N4O11. The number of carbonyl (C=O) groups is 5. The molecule has 0 saturated carbocycles. The van der Waals surface area contributed by atoms with Crippen molar-refractivity contribution in [2.75, 3.05) is 26.1 Å². The molecule has 0 aromatic heterocycles. The number of ether oxygens (including phenoxy) is 4. The van der Waals surface area contributed by atoms with E-state index in [2.05, 4.69) is 37.7 Å². The smallest absolute Gasteiger partial charge is 0.294 e. The van der Waals surface area contributed by atoms with Gasteiger partial charge in [-0.3, -0.25) is 24.0 Å². The van der Waals surface area contributed by atoms with Crippen LogP contribution in [0.2, 0.25) is 0 Å². The van der Waals surface area contributed by atoms with Gasteiger partial charge in [-0.1, -0.05) is 45.9 Å². The van der Waals surface area contributed by atoms with Gasteiger partial charge in [0, 0.05) is 38.5 Å². The lowest BCUT2D eigenvalue weighted by Crippen LogP contribution is -2.45. The molecule has 1 aromatic carbocycles. The van der Waals surface area contributed by atoms with Crippen LogP contribution >= 0.6 is 0 Å². The van der Waals surface area contributed by atoms with Crippen LogP contribution in [-0.2, 0) is 42.9 Å². The summed E-state index contributed by atoms with van der Waals surface area (Å²) in [6, 6.07) is 10.1. The van der Waals surface area contributed by atoms with Crippen molar-refractivity contribution in [3.05, 3.63) is 54.4 Å². The Morgan fingerprint density at radius 3 is 2.12 bits per heavy atom. The van der Waals surface area contributed by atoms with Gasteiger partial charge in [0.15, 0.2) is 30.7 Å². The van der Waals surface area contributed by atoms with Crippen LogP contribution < -0.4 is 11.1 Å². The molecule has 4 unspecified atom stereocenters. The highest BCUT2D eigenvalue weighted by molar-refractivity contribution is 5.94. The zero-order chi connectivity index (χ0) is 37.6. The maximum Gasteiger partial charge on any atom is 0.294 e. The third kappa shape index (κ3) is 22.8. The molecular weight excluding hydrogens is 640 g/mol. The predicted molar refractivity (Wildman–Crippen MR) is 182 cm³/mol. The number of carbonyl (C=O) groups excluding carboxylic acids is 5. The number of anilines is 1. The molecule has 49 heavy (non-hydrogen) atoms. The van der Waals surface area contributed by atoms with E-state index in [-0.39, 0.29) is 18.6 Å². The van der Waals surface area contributed by atoms with Gasteiger partial charge < -0.3 is 45.1 Å². The third-order valence-corrected chi connectivity index (χ3v) is 5.74. The van der Waals surface area contributed by atoms with Crippen molar-refractivity contribution in [3.8, 4) is 0 Å². The highest BCUT2D eigenvalue weighted by Gasteiger charge is 2.38.